The van der Waals surface area contributed by atoms with Gasteiger partial charge in [0, 0.05) is 18.9 Å². The summed E-state index contributed by atoms with van der Waals surface area (Å²) in [6.07, 6.45) is 2.47. The van der Waals surface area contributed by atoms with E-state index in [9.17, 15) is 4.79 Å². The zero-order valence-electron chi connectivity index (χ0n) is 9.72. The molecule has 17 heavy (non-hydrogen) atoms. The Morgan fingerprint density at radius 3 is 3.06 bits per heavy atom. The summed E-state index contributed by atoms with van der Waals surface area (Å²) >= 11 is 0. The first-order valence-corrected chi connectivity index (χ1v) is 5.58. The number of carbonyl (C=O) groups excluding carboxylic acids is 1. The lowest BCUT2D eigenvalue weighted by atomic mass is 9.99. The second-order valence-electron chi connectivity index (χ2n) is 4.23. The summed E-state index contributed by atoms with van der Waals surface area (Å²) in [6.45, 7) is 2.96. The monoisotopic (exact) mass is 237 g/mol. The molecule has 0 saturated carbocycles. The van der Waals surface area contributed by atoms with Crippen molar-refractivity contribution in [1.82, 2.24) is 4.98 Å². The maximum Gasteiger partial charge on any atom is 0.515 e. The highest BCUT2D eigenvalue weighted by atomic mass is 16.7. The van der Waals surface area contributed by atoms with Gasteiger partial charge in [0.05, 0.1) is 6.61 Å². The van der Waals surface area contributed by atoms with Gasteiger partial charge < -0.3 is 14.2 Å². The molecule has 0 aromatic carbocycles. The summed E-state index contributed by atoms with van der Waals surface area (Å²) in [5, 5.41) is 0. The van der Waals surface area contributed by atoms with Crippen LogP contribution in [0.3, 0.4) is 0 Å². The van der Waals surface area contributed by atoms with E-state index in [1.54, 1.807) is 24.4 Å². The van der Waals surface area contributed by atoms with Crippen molar-refractivity contribution in [2.75, 3.05) is 13.2 Å². The molecule has 0 N–H and O–H groups in total. The molecule has 0 radical (unpaired) electrons. The lowest BCUT2D eigenvalue weighted by molar-refractivity contribution is -0.0907. The van der Waals surface area contributed by atoms with E-state index in [0.29, 0.717) is 13.2 Å². The zero-order chi connectivity index (χ0) is 12.1. The average molecular weight is 237 g/mol. The third-order valence-corrected chi connectivity index (χ3v) is 2.56. The first kappa shape index (κ1) is 11.9. The Labute approximate surface area is 99.7 Å². The summed E-state index contributed by atoms with van der Waals surface area (Å²) in [5.74, 6) is 0.234. The topological polar surface area (TPSA) is 57.7 Å². The minimum Gasteiger partial charge on any atom is -0.425 e. The fraction of sp³-hybridized carbons (Fsp3) is 0.500. The molecule has 92 valence electrons. The van der Waals surface area contributed by atoms with Crippen molar-refractivity contribution in [2.45, 2.75) is 25.4 Å². The van der Waals surface area contributed by atoms with Gasteiger partial charge in [-0.25, -0.2) is 9.78 Å². The van der Waals surface area contributed by atoms with Gasteiger partial charge in [0.25, 0.3) is 0 Å². The van der Waals surface area contributed by atoms with Crippen molar-refractivity contribution in [1.29, 1.82) is 0 Å². The van der Waals surface area contributed by atoms with E-state index < -0.39 is 11.8 Å². The van der Waals surface area contributed by atoms with Gasteiger partial charge in [0.1, 0.15) is 5.60 Å². The quantitative estimate of drug-likeness (QED) is 0.738. The molecule has 2 heterocycles. The smallest absolute Gasteiger partial charge is 0.425 e. The molecule has 1 aromatic heterocycles. The summed E-state index contributed by atoms with van der Waals surface area (Å²) in [4.78, 5) is 15.4. The van der Waals surface area contributed by atoms with E-state index in [0.717, 1.165) is 12.8 Å². The molecule has 0 bridgehead atoms. The molecule has 1 saturated heterocycles. The van der Waals surface area contributed by atoms with Crippen LogP contribution in [0.1, 0.15) is 19.8 Å². The number of aromatic nitrogens is 1. The lowest BCUT2D eigenvalue weighted by Crippen LogP contribution is -2.41. The number of hydrogen-bond acceptors (Lipinski definition) is 5. The molecule has 1 atom stereocenters. The van der Waals surface area contributed by atoms with Gasteiger partial charge in [-0.3, -0.25) is 0 Å². The molecule has 1 aromatic rings. The van der Waals surface area contributed by atoms with Crippen molar-refractivity contribution in [2.24, 2.45) is 0 Å². The largest absolute Gasteiger partial charge is 0.515 e. The van der Waals surface area contributed by atoms with Crippen LogP contribution in [0.2, 0.25) is 0 Å². The fourth-order valence-electron chi connectivity index (χ4n) is 1.70. The Hall–Kier alpha value is -1.62. The maximum absolute atomic E-state index is 11.5. The number of ether oxygens (including phenoxy) is 3. The molecule has 2 rings (SSSR count). The van der Waals surface area contributed by atoms with E-state index >= 15 is 0 Å². The third kappa shape index (κ3) is 3.42. The predicted octanol–water partition coefficient (Wildman–Crippen LogP) is 2.17. The van der Waals surface area contributed by atoms with Crippen molar-refractivity contribution in [3.05, 3.63) is 24.4 Å². The van der Waals surface area contributed by atoms with Crippen LogP contribution in [0, 0.1) is 0 Å². The van der Waals surface area contributed by atoms with E-state index in [4.69, 9.17) is 14.2 Å². The van der Waals surface area contributed by atoms with E-state index in [2.05, 4.69) is 4.98 Å². The Morgan fingerprint density at radius 2 is 2.41 bits per heavy atom. The molecule has 0 aliphatic carbocycles. The van der Waals surface area contributed by atoms with Crippen LogP contribution in [0.4, 0.5) is 4.79 Å². The molecule has 1 fully saturated rings. The van der Waals surface area contributed by atoms with E-state index in [-0.39, 0.29) is 5.88 Å². The second-order valence-corrected chi connectivity index (χ2v) is 4.23. The molecular weight excluding hydrogens is 222 g/mol. The van der Waals surface area contributed by atoms with Crippen LogP contribution in [0.25, 0.3) is 0 Å². The third-order valence-electron chi connectivity index (χ3n) is 2.56. The Bertz CT molecular complexity index is 373. The van der Waals surface area contributed by atoms with E-state index in [1.165, 1.54) is 0 Å². The van der Waals surface area contributed by atoms with Crippen LogP contribution in [0.5, 0.6) is 5.88 Å². The number of hydrogen-bond donors (Lipinski definition) is 0. The molecule has 5 nitrogen and oxygen atoms in total. The van der Waals surface area contributed by atoms with Gasteiger partial charge in [0.2, 0.25) is 5.88 Å². The minimum absolute atomic E-state index is 0.234. The number of carbonyl (C=O) groups is 1. The highest BCUT2D eigenvalue weighted by Crippen LogP contribution is 2.23. The average Bonchev–Trinajstić information content (AvgIpc) is 2.30. The van der Waals surface area contributed by atoms with Gasteiger partial charge in [0.15, 0.2) is 0 Å². The summed E-state index contributed by atoms with van der Waals surface area (Å²) in [6, 6.07) is 5.08. The zero-order valence-corrected chi connectivity index (χ0v) is 9.72. The highest BCUT2D eigenvalue weighted by molar-refractivity contribution is 5.63. The maximum atomic E-state index is 11.5. The van der Waals surface area contributed by atoms with Crippen LogP contribution in [0.15, 0.2) is 24.4 Å². The number of rotatable bonds is 2. The van der Waals surface area contributed by atoms with Crippen LogP contribution < -0.4 is 4.74 Å². The number of nitrogens with zero attached hydrogens (tertiary/aromatic N) is 1. The molecule has 1 aliphatic heterocycles. The summed E-state index contributed by atoms with van der Waals surface area (Å²) < 4.78 is 15.5. The van der Waals surface area contributed by atoms with Crippen molar-refractivity contribution < 1.29 is 19.0 Å². The standard InChI is InChI=1S/C12H15NO4/c1-12(6-4-8-15-9-12)17-11(14)16-10-5-2-3-7-13-10/h2-3,5,7H,4,6,8-9H2,1H3. The predicted molar refractivity (Wildman–Crippen MR) is 59.8 cm³/mol. The van der Waals surface area contributed by atoms with Crippen LogP contribution >= 0.6 is 0 Å². The van der Waals surface area contributed by atoms with Gasteiger partial charge in [-0.05, 0) is 25.8 Å². The van der Waals surface area contributed by atoms with Gasteiger partial charge in [-0.15, -0.1) is 0 Å². The van der Waals surface area contributed by atoms with E-state index in [1.807, 2.05) is 6.92 Å². The van der Waals surface area contributed by atoms with Gasteiger partial charge in [-0.2, -0.15) is 0 Å². The first-order chi connectivity index (χ1) is 8.18. The molecule has 1 aliphatic rings. The second kappa shape index (κ2) is 5.14. The summed E-state index contributed by atoms with van der Waals surface area (Å²) in [7, 11) is 0. The molecule has 1 unspecified atom stereocenters. The first-order valence-electron chi connectivity index (χ1n) is 5.58. The highest BCUT2D eigenvalue weighted by Gasteiger charge is 2.32. The molecule has 0 amide bonds. The lowest BCUT2D eigenvalue weighted by Gasteiger charge is -2.32. The fourth-order valence-corrected chi connectivity index (χ4v) is 1.70. The van der Waals surface area contributed by atoms with Crippen LogP contribution in [-0.4, -0.2) is 30.0 Å². The molecule has 5 heteroatoms. The number of pyridine rings is 1. The molecular formula is C12H15NO4. The Kier molecular flexibility index (Phi) is 3.58. The van der Waals surface area contributed by atoms with Gasteiger partial charge >= 0.3 is 6.16 Å². The van der Waals surface area contributed by atoms with Crippen molar-refractivity contribution in [3.63, 3.8) is 0 Å². The van der Waals surface area contributed by atoms with Crippen molar-refractivity contribution in [3.8, 4) is 5.88 Å². The molecule has 0 spiro atoms. The SMILES string of the molecule is CC1(OC(=O)Oc2ccccn2)CCCOC1. The minimum atomic E-state index is -0.739. The van der Waals surface area contributed by atoms with Crippen molar-refractivity contribution >= 4 is 6.16 Å². The van der Waals surface area contributed by atoms with Gasteiger partial charge in [-0.1, -0.05) is 6.07 Å². The summed E-state index contributed by atoms with van der Waals surface area (Å²) in [5.41, 5.74) is -0.593. The van der Waals surface area contributed by atoms with Crippen LogP contribution in [-0.2, 0) is 9.47 Å². The normalized spacial score (nSPS) is 24.1. The Morgan fingerprint density at radius 1 is 1.53 bits per heavy atom. The Balaban J connectivity index is 1.88.